The minimum absolute atomic E-state index is 0.773. The van der Waals surface area contributed by atoms with Gasteiger partial charge in [-0.15, -0.1) is 0 Å². The van der Waals surface area contributed by atoms with E-state index in [0.29, 0.717) is 0 Å². The van der Waals surface area contributed by atoms with Gasteiger partial charge in [-0.2, -0.15) is 0 Å². The Kier molecular flexibility index (Phi) is 1.66. The molecule has 0 amide bonds. The Morgan fingerprint density at radius 1 is 1.58 bits per heavy atom. The molecule has 2 rings (SSSR count). The van der Waals surface area contributed by atoms with Gasteiger partial charge in [-0.1, -0.05) is 5.16 Å². The average Bonchev–Trinajstić information content (AvgIpc) is 2.65. The Bertz CT molecular complexity index is 350. The van der Waals surface area contributed by atoms with E-state index in [4.69, 9.17) is 4.52 Å². The van der Waals surface area contributed by atoms with Gasteiger partial charge in [0.2, 0.25) is 0 Å². The first-order chi connectivity index (χ1) is 5.86. The van der Waals surface area contributed by atoms with E-state index in [-0.39, 0.29) is 0 Å². The molecule has 0 N–H and O–H groups in total. The van der Waals surface area contributed by atoms with Gasteiger partial charge in [0, 0.05) is 18.0 Å². The van der Waals surface area contributed by atoms with Gasteiger partial charge in [0.25, 0.3) is 0 Å². The van der Waals surface area contributed by atoms with Crippen molar-refractivity contribution in [3.8, 4) is 0 Å². The molecule has 4 nitrogen and oxygen atoms in total. The molecule has 0 unspecified atom stereocenters. The van der Waals surface area contributed by atoms with Crippen LogP contribution in [-0.2, 0) is 6.54 Å². The molecule has 0 aliphatic rings. The highest BCUT2D eigenvalue weighted by Crippen LogP contribution is 2.02. The lowest BCUT2D eigenvalue weighted by atomic mass is 10.3. The normalized spacial score (nSPS) is 10.4. The van der Waals surface area contributed by atoms with Crippen molar-refractivity contribution in [1.29, 1.82) is 0 Å². The molecule has 2 heterocycles. The molecule has 0 atom stereocenters. The van der Waals surface area contributed by atoms with E-state index in [1.165, 1.54) is 0 Å². The number of rotatable bonds is 2. The molecule has 0 aliphatic heterocycles. The van der Waals surface area contributed by atoms with E-state index < -0.39 is 0 Å². The fourth-order valence-electron chi connectivity index (χ4n) is 1.07. The SMILES string of the molecule is Cc1nccn1Cc1cnoc1. The fraction of sp³-hybridized carbons (Fsp3) is 0.250. The Morgan fingerprint density at radius 3 is 3.08 bits per heavy atom. The Morgan fingerprint density at radius 2 is 2.50 bits per heavy atom. The van der Waals surface area contributed by atoms with Crippen LogP contribution in [0.15, 0.2) is 29.4 Å². The summed E-state index contributed by atoms with van der Waals surface area (Å²) >= 11 is 0. The van der Waals surface area contributed by atoms with E-state index in [2.05, 4.69) is 10.1 Å². The highest BCUT2D eigenvalue weighted by molar-refractivity contribution is 5.03. The van der Waals surface area contributed by atoms with Crippen molar-refractivity contribution < 1.29 is 4.52 Å². The zero-order valence-electron chi connectivity index (χ0n) is 6.77. The van der Waals surface area contributed by atoms with Crippen molar-refractivity contribution in [2.45, 2.75) is 13.5 Å². The molecule has 0 radical (unpaired) electrons. The van der Waals surface area contributed by atoms with E-state index in [1.807, 2.05) is 17.7 Å². The van der Waals surface area contributed by atoms with Gasteiger partial charge in [0.1, 0.15) is 12.1 Å². The third kappa shape index (κ3) is 1.23. The van der Waals surface area contributed by atoms with Gasteiger partial charge in [-0.3, -0.25) is 0 Å². The number of aryl methyl sites for hydroxylation is 1. The highest BCUT2D eigenvalue weighted by Gasteiger charge is 1.99. The zero-order chi connectivity index (χ0) is 8.39. The summed E-state index contributed by atoms with van der Waals surface area (Å²) in [5.74, 6) is 0.996. The first-order valence-electron chi connectivity index (χ1n) is 3.72. The van der Waals surface area contributed by atoms with Gasteiger partial charge in [-0.05, 0) is 6.92 Å². The zero-order valence-corrected chi connectivity index (χ0v) is 6.77. The lowest BCUT2D eigenvalue weighted by Gasteiger charge is -1.99. The molecule has 0 fully saturated rings. The maximum absolute atomic E-state index is 4.72. The molecule has 0 spiro atoms. The first-order valence-corrected chi connectivity index (χ1v) is 3.72. The van der Waals surface area contributed by atoms with Crippen LogP contribution in [0.1, 0.15) is 11.4 Å². The lowest BCUT2D eigenvalue weighted by Crippen LogP contribution is -1.99. The van der Waals surface area contributed by atoms with Gasteiger partial charge < -0.3 is 9.09 Å². The van der Waals surface area contributed by atoms with Crippen molar-refractivity contribution >= 4 is 0 Å². The van der Waals surface area contributed by atoms with Gasteiger partial charge in [0.15, 0.2) is 0 Å². The number of aromatic nitrogens is 3. The molecular weight excluding hydrogens is 154 g/mol. The second kappa shape index (κ2) is 2.81. The summed E-state index contributed by atoms with van der Waals surface area (Å²) in [5.41, 5.74) is 1.05. The van der Waals surface area contributed by atoms with Crippen LogP contribution in [0.2, 0.25) is 0 Å². The van der Waals surface area contributed by atoms with E-state index in [9.17, 15) is 0 Å². The Balaban J connectivity index is 2.20. The lowest BCUT2D eigenvalue weighted by molar-refractivity contribution is 0.418. The summed E-state index contributed by atoms with van der Waals surface area (Å²) in [5, 5.41) is 3.62. The van der Waals surface area contributed by atoms with Crippen molar-refractivity contribution in [2.75, 3.05) is 0 Å². The molecule has 0 saturated heterocycles. The van der Waals surface area contributed by atoms with Gasteiger partial charge >= 0.3 is 0 Å². The molecule has 0 aliphatic carbocycles. The quantitative estimate of drug-likeness (QED) is 0.668. The smallest absolute Gasteiger partial charge is 0.128 e. The van der Waals surface area contributed by atoms with Crippen LogP contribution in [0.25, 0.3) is 0 Å². The topological polar surface area (TPSA) is 43.9 Å². The summed E-state index contributed by atoms with van der Waals surface area (Å²) in [6.45, 7) is 2.74. The number of imidazole rings is 1. The molecule has 4 heteroatoms. The monoisotopic (exact) mass is 163 g/mol. The highest BCUT2D eigenvalue weighted by atomic mass is 16.5. The third-order valence-corrected chi connectivity index (χ3v) is 1.76. The fourth-order valence-corrected chi connectivity index (χ4v) is 1.07. The van der Waals surface area contributed by atoms with Crippen molar-refractivity contribution in [3.63, 3.8) is 0 Å². The van der Waals surface area contributed by atoms with E-state index in [0.717, 1.165) is 17.9 Å². The summed E-state index contributed by atoms with van der Waals surface area (Å²) < 4.78 is 6.75. The standard InChI is InChI=1S/C8H9N3O/c1-7-9-2-3-11(7)5-8-4-10-12-6-8/h2-4,6H,5H2,1H3. The summed E-state index contributed by atoms with van der Waals surface area (Å²) in [7, 11) is 0. The molecule has 12 heavy (non-hydrogen) atoms. The van der Waals surface area contributed by atoms with Crippen LogP contribution >= 0.6 is 0 Å². The second-order valence-corrected chi connectivity index (χ2v) is 2.64. The van der Waals surface area contributed by atoms with Crippen LogP contribution in [0, 0.1) is 6.92 Å². The second-order valence-electron chi connectivity index (χ2n) is 2.64. The van der Waals surface area contributed by atoms with Crippen molar-refractivity contribution in [3.05, 3.63) is 36.2 Å². The molecular formula is C8H9N3O. The largest absolute Gasteiger partial charge is 0.364 e. The van der Waals surface area contributed by atoms with Crippen molar-refractivity contribution in [2.24, 2.45) is 0 Å². The Hall–Kier alpha value is -1.58. The predicted octanol–water partition coefficient (Wildman–Crippen LogP) is 1.23. The number of hydrogen-bond acceptors (Lipinski definition) is 3. The molecule has 0 aromatic carbocycles. The van der Waals surface area contributed by atoms with Crippen LogP contribution in [0.4, 0.5) is 0 Å². The van der Waals surface area contributed by atoms with Crippen LogP contribution in [0.3, 0.4) is 0 Å². The summed E-state index contributed by atoms with van der Waals surface area (Å²) in [6, 6.07) is 0. The molecule has 0 bridgehead atoms. The maximum Gasteiger partial charge on any atom is 0.128 e. The van der Waals surface area contributed by atoms with Crippen LogP contribution in [-0.4, -0.2) is 14.7 Å². The maximum atomic E-state index is 4.72. The number of hydrogen-bond donors (Lipinski definition) is 0. The first kappa shape index (κ1) is 7.09. The number of nitrogens with zero attached hydrogens (tertiary/aromatic N) is 3. The molecule has 62 valence electrons. The molecule has 0 saturated carbocycles. The molecule has 2 aromatic heterocycles. The summed E-state index contributed by atoms with van der Waals surface area (Å²) in [6.07, 6.45) is 7.06. The van der Waals surface area contributed by atoms with Crippen molar-refractivity contribution in [1.82, 2.24) is 14.7 Å². The third-order valence-electron chi connectivity index (χ3n) is 1.76. The minimum Gasteiger partial charge on any atom is -0.364 e. The van der Waals surface area contributed by atoms with Crippen LogP contribution in [0.5, 0.6) is 0 Å². The van der Waals surface area contributed by atoms with E-state index >= 15 is 0 Å². The predicted molar refractivity (Wildman–Crippen MR) is 42.6 cm³/mol. The molecule has 2 aromatic rings. The average molecular weight is 163 g/mol. The van der Waals surface area contributed by atoms with Crippen LogP contribution < -0.4 is 0 Å². The van der Waals surface area contributed by atoms with E-state index in [1.54, 1.807) is 18.7 Å². The van der Waals surface area contributed by atoms with Gasteiger partial charge in [-0.25, -0.2) is 4.98 Å². The minimum atomic E-state index is 0.773. The Labute approximate surface area is 69.8 Å². The summed E-state index contributed by atoms with van der Waals surface area (Å²) in [4.78, 5) is 4.11. The van der Waals surface area contributed by atoms with Gasteiger partial charge in [0.05, 0.1) is 12.7 Å².